The number of fused-ring (bicyclic) bond motifs is 3. The van der Waals surface area contributed by atoms with Crippen LogP contribution >= 0.6 is 0 Å². The number of hydrogen-bond donors (Lipinski definition) is 1. The average Bonchev–Trinajstić information content (AvgIpc) is 3.26. The van der Waals surface area contributed by atoms with Crippen LogP contribution in [0.2, 0.25) is 0 Å². The van der Waals surface area contributed by atoms with E-state index in [1.54, 1.807) is 6.26 Å². The highest BCUT2D eigenvalue weighted by molar-refractivity contribution is 5.94. The summed E-state index contributed by atoms with van der Waals surface area (Å²) in [4.78, 5) is 2.72. The second kappa shape index (κ2) is 6.23. The average molecular weight is 332 g/mol. The summed E-state index contributed by atoms with van der Waals surface area (Å²) in [5, 5.41) is 6.45. The Kier molecular flexibility index (Phi) is 3.75. The van der Waals surface area contributed by atoms with E-state index in [9.17, 15) is 0 Å². The molecule has 2 aliphatic rings. The molecule has 0 saturated carbocycles. The third-order valence-electron chi connectivity index (χ3n) is 5.92. The molecule has 0 amide bonds. The maximum absolute atomic E-state index is 5.46. The zero-order chi connectivity index (χ0) is 16.6. The molecule has 2 aliphatic heterocycles. The van der Waals surface area contributed by atoms with Crippen LogP contribution in [0.25, 0.3) is 10.8 Å². The fourth-order valence-electron chi connectivity index (χ4n) is 4.83. The van der Waals surface area contributed by atoms with Crippen molar-refractivity contribution in [2.45, 2.75) is 50.4 Å². The van der Waals surface area contributed by atoms with Crippen LogP contribution in [0, 0.1) is 0 Å². The van der Waals surface area contributed by atoms with Crippen LogP contribution in [-0.2, 0) is 6.54 Å². The van der Waals surface area contributed by atoms with Gasteiger partial charge in [0.25, 0.3) is 0 Å². The van der Waals surface area contributed by atoms with E-state index in [4.69, 9.17) is 4.42 Å². The lowest BCUT2D eigenvalue weighted by Crippen LogP contribution is -2.49. The first kappa shape index (κ1) is 15.0. The van der Waals surface area contributed by atoms with E-state index < -0.39 is 0 Å². The third-order valence-corrected chi connectivity index (χ3v) is 5.92. The van der Waals surface area contributed by atoms with Crippen molar-refractivity contribution in [3.8, 4) is 0 Å². The Morgan fingerprint density at radius 1 is 0.920 bits per heavy atom. The number of furan rings is 1. The minimum Gasteiger partial charge on any atom is -0.468 e. The molecule has 2 atom stereocenters. The Labute approximate surface area is 148 Å². The second-order valence-electron chi connectivity index (χ2n) is 7.42. The molecule has 25 heavy (non-hydrogen) atoms. The van der Waals surface area contributed by atoms with Crippen molar-refractivity contribution in [3.05, 3.63) is 66.6 Å². The molecule has 128 valence electrons. The molecule has 3 aromatic rings. The Hall–Kier alpha value is -2.26. The first-order valence-corrected chi connectivity index (χ1v) is 9.40. The van der Waals surface area contributed by atoms with Gasteiger partial charge in [-0.25, -0.2) is 0 Å². The van der Waals surface area contributed by atoms with Crippen LogP contribution in [-0.4, -0.2) is 18.1 Å². The third kappa shape index (κ3) is 2.73. The van der Waals surface area contributed by atoms with Crippen molar-refractivity contribution >= 4 is 16.5 Å². The summed E-state index contributed by atoms with van der Waals surface area (Å²) >= 11 is 0. The number of nitrogens with zero attached hydrogens (tertiary/aromatic N) is 1. The summed E-state index contributed by atoms with van der Waals surface area (Å²) in [6.07, 6.45) is 6.82. The van der Waals surface area contributed by atoms with E-state index in [2.05, 4.69) is 52.7 Å². The summed E-state index contributed by atoms with van der Waals surface area (Å²) in [6, 6.07) is 21.4. The first-order chi connectivity index (χ1) is 12.4. The van der Waals surface area contributed by atoms with Gasteiger partial charge in [0.1, 0.15) is 5.76 Å². The van der Waals surface area contributed by atoms with Crippen LogP contribution in [0.15, 0.2) is 65.3 Å². The molecule has 3 heterocycles. The van der Waals surface area contributed by atoms with Gasteiger partial charge < -0.3 is 14.6 Å². The number of anilines is 1. The Morgan fingerprint density at radius 3 is 2.52 bits per heavy atom. The van der Waals surface area contributed by atoms with Crippen LogP contribution in [0.1, 0.15) is 31.4 Å². The maximum Gasteiger partial charge on any atom is 0.117 e. The van der Waals surface area contributed by atoms with Crippen LogP contribution in [0.4, 0.5) is 5.69 Å². The minimum absolute atomic E-state index is 0.592. The van der Waals surface area contributed by atoms with E-state index in [-0.39, 0.29) is 0 Å². The largest absolute Gasteiger partial charge is 0.468 e. The number of nitrogens with one attached hydrogen (secondary N) is 1. The molecule has 2 fully saturated rings. The highest BCUT2D eigenvalue weighted by Gasteiger charge is 2.41. The molecule has 3 nitrogen and oxygen atoms in total. The van der Waals surface area contributed by atoms with Gasteiger partial charge in [0.15, 0.2) is 0 Å². The number of benzene rings is 2. The zero-order valence-electron chi connectivity index (χ0n) is 14.4. The Balaban J connectivity index is 1.36. The lowest BCUT2D eigenvalue weighted by Gasteiger charge is -2.41. The topological polar surface area (TPSA) is 28.4 Å². The lowest BCUT2D eigenvalue weighted by atomic mass is 9.95. The van der Waals surface area contributed by atoms with Crippen molar-refractivity contribution in [1.82, 2.24) is 5.32 Å². The van der Waals surface area contributed by atoms with Gasteiger partial charge >= 0.3 is 0 Å². The van der Waals surface area contributed by atoms with Gasteiger partial charge in [-0.15, -0.1) is 0 Å². The molecule has 3 heteroatoms. The molecule has 2 bridgehead atoms. The zero-order valence-corrected chi connectivity index (χ0v) is 14.4. The number of hydrogen-bond acceptors (Lipinski definition) is 3. The van der Waals surface area contributed by atoms with E-state index >= 15 is 0 Å². The molecule has 1 N–H and O–H groups in total. The quantitative estimate of drug-likeness (QED) is 0.749. The van der Waals surface area contributed by atoms with E-state index in [1.165, 1.54) is 42.1 Å². The first-order valence-electron chi connectivity index (χ1n) is 9.40. The van der Waals surface area contributed by atoms with Crippen molar-refractivity contribution in [2.24, 2.45) is 0 Å². The van der Waals surface area contributed by atoms with Gasteiger partial charge in [0, 0.05) is 29.2 Å². The molecule has 2 saturated heterocycles. The van der Waals surface area contributed by atoms with Gasteiger partial charge in [0.2, 0.25) is 0 Å². The van der Waals surface area contributed by atoms with Crippen LogP contribution < -0.4 is 10.2 Å². The predicted octanol–water partition coefficient (Wildman–Crippen LogP) is 4.72. The van der Waals surface area contributed by atoms with Gasteiger partial charge in [-0.05, 0) is 49.3 Å². The second-order valence-corrected chi connectivity index (χ2v) is 7.42. The fourth-order valence-corrected chi connectivity index (χ4v) is 4.83. The van der Waals surface area contributed by atoms with E-state index in [0.29, 0.717) is 18.1 Å². The number of piperidine rings is 1. The standard InChI is InChI=1S/C22H24N2O/c1-2-8-21-16(5-1)6-3-9-22(21)24-18-10-11-19(24)14-17(13-18)23-15-20-7-4-12-25-20/h1-9,12,17-19,23H,10-11,13-15H2. The maximum atomic E-state index is 5.46. The summed E-state index contributed by atoms with van der Waals surface area (Å²) < 4.78 is 5.46. The molecule has 1 aromatic heterocycles. The van der Waals surface area contributed by atoms with Gasteiger partial charge in [-0.1, -0.05) is 36.4 Å². The SMILES string of the molecule is c1coc(CNC2CC3CCC(C2)N3c2cccc3ccccc23)c1. The highest BCUT2D eigenvalue weighted by Crippen LogP contribution is 2.41. The van der Waals surface area contributed by atoms with Crippen LogP contribution in [0.3, 0.4) is 0 Å². The predicted molar refractivity (Wildman–Crippen MR) is 102 cm³/mol. The van der Waals surface area contributed by atoms with Crippen molar-refractivity contribution < 1.29 is 4.42 Å². The molecular formula is C22H24N2O. The molecular weight excluding hydrogens is 308 g/mol. The molecule has 5 rings (SSSR count). The smallest absolute Gasteiger partial charge is 0.117 e. The van der Waals surface area contributed by atoms with Crippen molar-refractivity contribution in [3.63, 3.8) is 0 Å². The lowest BCUT2D eigenvalue weighted by molar-refractivity contribution is 0.342. The molecule has 2 aromatic carbocycles. The highest BCUT2D eigenvalue weighted by atomic mass is 16.3. The van der Waals surface area contributed by atoms with Crippen LogP contribution in [0.5, 0.6) is 0 Å². The summed E-state index contributed by atoms with van der Waals surface area (Å²) in [5.74, 6) is 1.03. The van der Waals surface area contributed by atoms with Gasteiger partial charge in [0.05, 0.1) is 12.8 Å². The minimum atomic E-state index is 0.592. The monoisotopic (exact) mass is 332 g/mol. The van der Waals surface area contributed by atoms with Crippen molar-refractivity contribution in [2.75, 3.05) is 4.90 Å². The molecule has 0 radical (unpaired) electrons. The normalized spacial score (nSPS) is 25.6. The van der Waals surface area contributed by atoms with Gasteiger partial charge in [-0.3, -0.25) is 0 Å². The van der Waals surface area contributed by atoms with E-state index in [1.807, 2.05) is 12.1 Å². The van der Waals surface area contributed by atoms with E-state index in [0.717, 1.165) is 12.3 Å². The fraction of sp³-hybridized carbons (Fsp3) is 0.364. The summed E-state index contributed by atoms with van der Waals surface area (Å²) in [6.45, 7) is 0.839. The van der Waals surface area contributed by atoms with Crippen molar-refractivity contribution in [1.29, 1.82) is 0 Å². The summed E-state index contributed by atoms with van der Waals surface area (Å²) in [5.41, 5.74) is 1.43. The molecule has 2 unspecified atom stereocenters. The Bertz CT molecular complexity index is 838. The molecule has 0 spiro atoms. The summed E-state index contributed by atoms with van der Waals surface area (Å²) in [7, 11) is 0. The Morgan fingerprint density at radius 2 is 1.72 bits per heavy atom. The molecule has 0 aliphatic carbocycles. The van der Waals surface area contributed by atoms with Gasteiger partial charge in [-0.2, -0.15) is 0 Å². The number of rotatable bonds is 4.